The van der Waals surface area contributed by atoms with E-state index in [1.165, 1.54) is 11.8 Å². The second-order valence-corrected chi connectivity index (χ2v) is 5.41. The van der Waals surface area contributed by atoms with Crippen LogP contribution in [-0.4, -0.2) is 10.6 Å². The van der Waals surface area contributed by atoms with Gasteiger partial charge in [-0.15, -0.1) is 0 Å². The molecule has 1 heterocycles. The second kappa shape index (κ2) is 5.67. The lowest BCUT2D eigenvalue weighted by Crippen LogP contribution is -2.20. The largest absolute Gasteiger partial charge is 0.347 e. The summed E-state index contributed by atoms with van der Waals surface area (Å²) >= 11 is 3.20. The Morgan fingerprint density at radius 3 is 2.83 bits per heavy atom. The van der Waals surface area contributed by atoms with Crippen LogP contribution in [-0.2, 0) is 13.0 Å². The first-order valence-electron chi connectivity index (χ1n) is 5.90. The van der Waals surface area contributed by atoms with Crippen LogP contribution in [0.15, 0.2) is 41.0 Å². The van der Waals surface area contributed by atoms with E-state index in [1.54, 1.807) is 6.07 Å². The average molecular weight is 311 g/mol. The topological polar surface area (TPSA) is 30.9 Å². The zero-order valence-corrected chi connectivity index (χ0v) is 11.8. The highest BCUT2D eigenvalue weighted by molar-refractivity contribution is 9.10. The summed E-state index contributed by atoms with van der Waals surface area (Å²) in [5.41, 5.74) is 8.08. The highest BCUT2D eigenvalue weighted by atomic mass is 79.9. The zero-order valence-electron chi connectivity index (χ0n) is 10.2. The van der Waals surface area contributed by atoms with Gasteiger partial charge in [-0.05, 0) is 52.7 Å². The Bertz CT molecular complexity index is 534. The van der Waals surface area contributed by atoms with Crippen LogP contribution in [0.3, 0.4) is 0 Å². The molecule has 1 aromatic heterocycles. The maximum atomic E-state index is 13.2. The van der Waals surface area contributed by atoms with Crippen LogP contribution in [0.5, 0.6) is 0 Å². The Morgan fingerprint density at radius 2 is 2.17 bits per heavy atom. The molecule has 2 N–H and O–H groups in total. The van der Waals surface area contributed by atoms with Crippen LogP contribution in [0, 0.1) is 5.82 Å². The minimum absolute atomic E-state index is 0.138. The van der Waals surface area contributed by atoms with Crippen molar-refractivity contribution in [3.05, 3.63) is 58.1 Å². The lowest BCUT2D eigenvalue weighted by molar-refractivity contribution is 0.618. The van der Waals surface area contributed by atoms with Crippen molar-refractivity contribution in [2.75, 3.05) is 0 Å². The average Bonchev–Trinajstić information content (AvgIpc) is 2.70. The van der Waals surface area contributed by atoms with Crippen molar-refractivity contribution in [2.24, 2.45) is 5.73 Å². The first kappa shape index (κ1) is 13.3. The van der Waals surface area contributed by atoms with Crippen molar-refractivity contribution >= 4 is 15.9 Å². The van der Waals surface area contributed by atoms with Crippen LogP contribution in [0.4, 0.5) is 4.39 Å². The number of benzene rings is 1. The van der Waals surface area contributed by atoms with Crippen molar-refractivity contribution < 1.29 is 4.39 Å². The van der Waals surface area contributed by atoms with E-state index in [9.17, 15) is 4.39 Å². The summed E-state index contributed by atoms with van der Waals surface area (Å²) in [6, 6.07) is 9.31. The van der Waals surface area contributed by atoms with Gasteiger partial charge in [-0.25, -0.2) is 4.39 Å². The lowest BCUT2D eigenvalue weighted by atomic mass is 10.2. The third-order valence-electron chi connectivity index (χ3n) is 2.79. The Morgan fingerprint density at radius 1 is 1.39 bits per heavy atom. The molecule has 96 valence electrons. The molecular formula is C14H16BrFN2. The molecule has 0 fully saturated rings. The predicted octanol–water partition coefficient (Wildman–Crippen LogP) is 3.33. The summed E-state index contributed by atoms with van der Waals surface area (Å²) in [6.45, 7) is 2.72. The molecule has 0 spiro atoms. The molecule has 0 saturated carbocycles. The van der Waals surface area contributed by atoms with Crippen molar-refractivity contribution in [3.63, 3.8) is 0 Å². The Hall–Kier alpha value is -1.13. The fourth-order valence-electron chi connectivity index (χ4n) is 1.95. The first-order valence-corrected chi connectivity index (χ1v) is 6.69. The molecule has 1 atom stereocenters. The van der Waals surface area contributed by atoms with Gasteiger partial charge < -0.3 is 10.3 Å². The van der Waals surface area contributed by atoms with Gasteiger partial charge in [0, 0.05) is 30.9 Å². The molecule has 0 aliphatic rings. The molecule has 0 bridgehead atoms. The number of nitrogens with zero attached hydrogens (tertiary/aromatic N) is 1. The number of halogens is 2. The van der Waals surface area contributed by atoms with Crippen molar-refractivity contribution in [1.82, 2.24) is 4.57 Å². The quantitative estimate of drug-likeness (QED) is 0.922. The van der Waals surface area contributed by atoms with Gasteiger partial charge in [0.1, 0.15) is 5.82 Å². The highest BCUT2D eigenvalue weighted by Crippen LogP contribution is 2.18. The van der Waals surface area contributed by atoms with Crippen LogP contribution in [0.2, 0.25) is 0 Å². The fourth-order valence-corrected chi connectivity index (χ4v) is 2.38. The summed E-state index contributed by atoms with van der Waals surface area (Å²) in [4.78, 5) is 0. The van der Waals surface area contributed by atoms with E-state index in [2.05, 4.69) is 26.6 Å². The molecule has 0 radical (unpaired) electrons. The Balaban J connectivity index is 2.18. The molecule has 1 aromatic carbocycles. The van der Waals surface area contributed by atoms with Gasteiger partial charge in [0.15, 0.2) is 0 Å². The Kier molecular flexibility index (Phi) is 4.19. The first-order chi connectivity index (χ1) is 8.56. The normalized spacial score (nSPS) is 12.7. The number of rotatable bonds is 4. The summed E-state index contributed by atoms with van der Waals surface area (Å²) < 4.78 is 15.8. The van der Waals surface area contributed by atoms with E-state index in [1.807, 2.05) is 25.3 Å². The van der Waals surface area contributed by atoms with E-state index < -0.39 is 0 Å². The second-order valence-electron chi connectivity index (χ2n) is 4.56. The number of hydrogen-bond donors (Lipinski definition) is 1. The molecule has 0 saturated heterocycles. The molecule has 2 nitrogen and oxygen atoms in total. The maximum absolute atomic E-state index is 13.2. The monoisotopic (exact) mass is 310 g/mol. The minimum Gasteiger partial charge on any atom is -0.347 e. The van der Waals surface area contributed by atoms with Crippen LogP contribution < -0.4 is 5.73 Å². The fraction of sp³-hybridized carbons (Fsp3) is 0.286. The predicted molar refractivity (Wildman–Crippen MR) is 75.0 cm³/mol. The van der Waals surface area contributed by atoms with Crippen LogP contribution in [0.25, 0.3) is 0 Å². The van der Waals surface area contributed by atoms with E-state index in [0.29, 0.717) is 4.47 Å². The molecular weight excluding hydrogens is 295 g/mol. The third-order valence-corrected chi connectivity index (χ3v) is 3.40. The van der Waals surface area contributed by atoms with Gasteiger partial charge >= 0.3 is 0 Å². The van der Waals surface area contributed by atoms with E-state index in [4.69, 9.17) is 5.73 Å². The molecule has 0 aliphatic carbocycles. The van der Waals surface area contributed by atoms with Crippen molar-refractivity contribution in [1.29, 1.82) is 0 Å². The lowest BCUT2D eigenvalue weighted by Gasteiger charge is -2.11. The molecule has 1 unspecified atom stereocenters. The van der Waals surface area contributed by atoms with E-state index >= 15 is 0 Å². The van der Waals surface area contributed by atoms with Gasteiger partial charge in [-0.3, -0.25) is 0 Å². The van der Waals surface area contributed by atoms with Crippen LogP contribution in [0.1, 0.15) is 18.2 Å². The zero-order chi connectivity index (χ0) is 13.1. The minimum atomic E-state index is -0.234. The van der Waals surface area contributed by atoms with E-state index in [-0.39, 0.29) is 11.9 Å². The molecule has 2 aromatic rings. The smallest absolute Gasteiger partial charge is 0.137 e. The summed E-state index contributed by atoms with van der Waals surface area (Å²) in [7, 11) is 0. The van der Waals surface area contributed by atoms with Crippen molar-refractivity contribution in [3.8, 4) is 0 Å². The van der Waals surface area contributed by atoms with Gasteiger partial charge in [-0.1, -0.05) is 6.07 Å². The van der Waals surface area contributed by atoms with Gasteiger partial charge in [0.25, 0.3) is 0 Å². The molecule has 18 heavy (non-hydrogen) atoms. The summed E-state index contributed by atoms with van der Waals surface area (Å²) in [6.07, 6.45) is 2.87. The summed E-state index contributed by atoms with van der Waals surface area (Å²) in [5, 5.41) is 0. The van der Waals surface area contributed by atoms with Crippen LogP contribution >= 0.6 is 15.9 Å². The maximum Gasteiger partial charge on any atom is 0.137 e. The van der Waals surface area contributed by atoms with Gasteiger partial charge in [0.2, 0.25) is 0 Å². The number of nitrogens with two attached hydrogens (primary N) is 1. The molecule has 0 amide bonds. The summed E-state index contributed by atoms with van der Waals surface area (Å²) in [5.74, 6) is -0.234. The molecule has 4 heteroatoms. The molecule has 0 aliphatic heterocycles. The highest BCUT2D eigenvalue weighted by Gasteiger charge is 2.06. The van der Waals surface area contributed by atoms with Gasteiger partial charge in [0.05, 0.1) is 4.47 Å². The Labute approximate surface area is 115 Å². The van der Waals surface area contributed by atoms with E-state index in [0.717, 1.165) is 18.5 Å². The standard InChI is InChI=1S/C14H16BrFN2/c1-10(17)7-12-3-2-6-18(12)9-11-4-5-14(16)13(15)8-11/h2-6,8,10H,7,9,17H2,1H3. The van der Waals surface area contributed by atoms with Gasteiger partial charge in [-0.2, -0.15) is 0 Å². The van der Waals surface area contributed by atoms with Crippen molar-refractivity contribution in [2.45, 2.75) is 25.9 Å². The third kappa shape index (κ3) is 3.21. The number of hydrogen-bond acceptors (Lipinski definition) is 1. The molecule has 2 rings (SSSR count). The number of aromatic nitrogens is 1. The SMILES string of the molecule is CC(N)Cc1cccn1Cc1ccc(F)c(Br)c1.